The summed E-state index contributed by atoms with van der Waals surface area (Å²) in [5, 5.41) is 3.27. The van der Waals surface area contributed by atoms with E-state index >= 15 is 0 Å². The molecule has 1 N–H and O–H groups in total. The zero-order valence-electron chi connectivity index (χ0n) is 12.4. The molecule has 1 aliphatic rings. The summed E-state index contributed by atoms with van der Waals surface area (Å²) in [6.45, 7) is 6.97. The maximum absolute atomic E-state index is 13.8. The Morgan fingerprint density at radius 3 is 2.60 bits per heavy atom. The molecule has 20 heavy (non-hydrogen) atoms. The molecule has 112 valence electrons. The van der Waals surface area contributed by atoms with E-state index in [0.717, 1.165) is 12.5 Å². The van der Waals surface area contributed by atoms with Crippen LogP contribution in [-0.4, -0.2) is 18.9 Å². The van der Waals surface area contributed by atoms with Gasteiger partial charge in [-0.1, -0.05) is 35.8 Å². The normalized spacial score (nSPS) is 15.2. The Hall–Kier alpha value is -0.740. The van der Waals surface area contributed by atoms with E-state index in [-0.39, 0.29) is 11.6 Å². The van der Waals surface area contributed by atoms with Gasteiger partial charge in [0.2, 0.25) is 0 Å². The molecule has 1 saturated carbocycles. The SMILES string of the molecule is CC.CC(=O)C(CNCC1CC1)c1ccc(Br)cc1F. The zero-order valence-corrected chi connectivity index (χ0v) is 14.0. The van der Waals surface area contributed by atoms with Crippen molar-refractivity contribution < 1.29 is 9.18 Å². The highest BCUT2D eigenvalue weighted by Crippen LogP contribution is 2.28. The van der Waals surface area contributed by atoms with Crippen LogP contribution in [0, 0.1) is 11.7 Å². The number of nitrogens with one attached hydrogen (secondary N) is 1. The van der Waals surface area contributed by atoms with E-state index in [1.165, 1.54) is 25.8 Å². The first-order chi connectivity index (χ1) is 9.58. The van der Waals surface area contributed by atoms with E-state index in [9.17, 15) is 9.18 Å². The Morgan fingerprint density at radius 1 is 1.45 bits per heavy atom. The summed E-state index contributed by atoms with van der Waals surface area (Å²) >= 11 is 3.22. The monoisotopic (exact) mass is 343 g/mol. The first-order valence-electron chi connectivity index (χ1n) is 7.24. The number of ketones is 1. The van der Waals surface area contributed by atoms with Gasteiger partial charge in [0, 0.05) is 11.0 Å². The van der Waals surface area contributed by atoms with Crippen molar-refractivity contribution >= 4 is 21.7 Å². The maximum atomic E-state index is 13.8. The average molecular weight is 344 g/mol. The number of hydrogen-bond donors (Lipinski definition) is 1. The molecule has 0 spiro atoms. The van der Waals surface area contributed by atoms with E-state index in [2.05, 4.69) is 21.2 Å². The second-order valence-corrected chi connectivity index (χ2v) is 5.85. The molecular weight excluding hydrogens is 321 g/mol. The second-order valence-electron chi connectivity index (χ2n) is 4.93. The molecule has 0 aromatic heterocycles. The van der Waals surface area contributed by atoms with Crippen LogP contribution in [0.5, 0.6) is 0 Å². The van der Waals surface area contributed by atoms with Gasteiger partial charge in [-0.25, -0.2) is 4.39 Å². The van der Waals surface area contributed by atoms with Gasteiger partial charge in [0.25, 0.3) is 0 Å². The average Bonchev–Trinajstić information content (AvgIpc) is 3.22. The van der Waals surface area contributed by atoms with Gasteiger partial charge >= 0.3 is 0 Å². The number of carbonyl (C=O) groups excluding carboxylic acids is 1. The number of benzene rings is 1. The summed E-state index contributed by atoms with van der Waals surface area (Å²) in [5.74, 6) is 0.0431. The van der Waals surface area contributed by atoms with Gasteiger partial charge in [-0.15, -0.1) is 0 Å². The lowest BCUT2D eigenvalue weighted by Crippen LogP contribution is -2.28. The van der Waals surface area contributed by atoms with Crippen molar-refractivity contribution in [3.63, 3.8) is 0 Å². The van der Waals surface area contributed by atoms with Gasteiger partial charge in [-0.05, 0) is 49.9 Å². The third-order valence-corrected chi connectivity index (χ3v) is 3.80. The van der Waals surface area contributed by atoms with Gasteiger partial charge in [-0.2, -0.15) is 0 Å². The number of halogens is 2. The summed E-state index contributed by atoms with van der Waals surface area (Å²) in [4.78, 5) is 11.7. The lowest BCUT2D eigenvalue weighted by atomic mass is 9.95. The third-order valence-electron chi connectivity index (χ3n) is 3.31. The maximum Gasteiger partial charge on any atom is 0.138 e. The van der Waals surface area contributed by atoms with Crippen LogP contribution in [0.15, 0.2) is 22.7 Å². The largest absolute Gasteiger partial charge is 0.315 e. The fourth-order valence-corrected chi connectivity index (χ4v) is 2.34. The zero-order chi connectivity index (χ0) is 15.1. The minimum Gasteiger partial charge on any atom is -0.315 e. The van der Waals surface area contributed by atoms with Crippen LogP contribution in [0.25, 0.3) is 0 Å². The molecule has 0 saturated heterocycles. The minimum absolute atomic E-state index is 0.000445. The molecule has 4 heteroatoms. The standard InChI is InChI=1S/C14H17BrFNO.C2H6/c1-9(18)13(8-17-7-10-2-3-10)12-5-4-11(15)6-14(12)16;1-2/h4-6,10,13,17H,2-3,7-8H2,1H3;1-2H3. The van der Waals surface area contributed by atoms with Gasteiger partial charge in [0.15, 0.2) is 0 Å². The number of Topliss-reactive ketones (excluding diaryl/α,β-unsaturated/α-hetero) is 1. The number of rotatable bonds is 6. The van der Waals surface area contributed by atoms with Crippen LogP contribution in [0.1, 0.15) is 45.1 Å². The molecule has 0 heterocycles. The molecule has 0 aliphatic heterocycles. The molecule has 1 atom stereocenters. The summed E-state index contributed by atoms with van der Waals surface area (Å²) in [7, 11) is 0. The second kappa shape index (κ2) is 8.53. The summed E-state index contributed by atoms with van der Waals surface area (Å²) < 4.78 is 14.5. The van der Waals surface area contributed by atoms with Gasteiger partial charge in [0.05, 0.1) is 5.92 Å². The third kappa shape index (κ3) is 5.33. The van der Waals surface area contributed by atoms with Crippen molar-refractivity contribution in [3.8, 4) is 0 Å². The Balaban J connectivity index is 0.000000956. The van der Waals surface area contributed by atoms with E-state index in [0.29, 0.717) is 16.6 Å². The molecule has 1 aromatic carbocycles. The first-order valence-corrected chi connectivity index (χ1v) is 8.03. The molecule has 0 radical (unpaired) electrons. The molecule has 1 unspecified atom stereocenters. The highest BCUT2D eigenvalue weighted by atomic mass is 79.9. The predicted octanol–water partition coefficient (Wildman–Crippen LogP) is 4.29. The van der Waals surface area contributed by atoms with Gasteiger partial charge < -0.3 is 5.32 Å². The lowest BCUT2D eigenvalue weighted by molar-refractivity contribution is -0.118. The van der Waals surface area contributed by atoms with E-state index in [1.807, 2.05) is 13.8 Å². The number of carbonyl (C=O) groups is 1. The Bertz CT molecular complexity index is 446. The van der Waals surface area contributed by atoms with Crippen LogP contribution in [0.4, 0.5) is 4.39 Å². The van der Waals surface area contributed by atoms with Crippen LogP contribution < -0.4 is 5.32 Å². The van der Waals surface area contributed by atoms with Crippen LogP contribution in [0.3, 0.4) is 0 Å². The molecule has 2 nitrogen and oxygen atoms in total. The fraction of sp³-hybridized carbons (Fsp3) is 0.562. The minimum atomic E-state index is -0.392. The van der Waals surface area contributed by atoms with Crippen molar-refractivity contribution in [1.29, 1.82) is 0 Å². The van der Waals surface area contributed by atoms with Crippen LogP contribution >= 0.6 is 15.9 Å². The lowest BCUT2D eigenvalue weighted by Gasteiger charge is -2.16. The molecule has 1 aliphatic carbocycles. The summed E-state index contributed by atoms with van der Waals surface area (Å²) in [5.41, 5.74) is 0.481. The van der Waals surface area contributed by atoms with Crippen LogP contribution in [-0.2, 0) is 4.79 Å². The summed E-state index contributed by atoms with van der Waals surface area (Å²) in [6.07, 6.45) is 2.54. The van der Waals surface area contributed by atoms with E-state index in [1.54, 1.807) is 12.1 Å². The van der Waals surface area contributed by atoms with E-state index < -0.39 is 5.92 Å². The quantitative estimate of drug-likeness (QED) is 0.834. The molecule has 2 rings (SSSR count). The van der Waals surface area contributed by atoms with E-state index in [4.69, 9.17) is 0 Å². The van der Waals surface area contributed by atoms with Gasteiger partial charge in [-0.3, -0.25) is 4.79 Å². The molecular formula is C16H23BrFNO. The Kier molecular flexibility index (Phi) is 7.38. The predicted molar refractivity (Wildman–Crippen MR) is 84.5 cm³/mol. The highest BCUT2D eigenvalue weighted by Gasteiger charge is 2.23. The van der Waals surface area contributed by atoms with Crippen molar-refractivity contribution in [3.05, 3.63) is 34.1 Å². The first kappa shape index (κ1) is 17.3. The molecule has 0 bridgehead atoms. The molecule has 1 aromatic rings. The Labute approximate surface area is 129 Å². The molecule has 0 amide bonds. The van der Waals surface area contributed by atoms with Crippen molar-refractivity contribution in [1.82, 2.24) is 5.32 Å². The van der Waals surface area contributed by atoms with Crippen molar-refractivity contribution in [2.24, 2.45) is 5.92 Å². The van der Waals surface area contributed by atoms with Crippen LogP contribution in [0.2, 0.25) is 0 Å². The fourth-order valence-electron chi connectivity index (χ4n) is 2.01. The summed E-state index contributed by atoms with van der Waals surface area (Å²) in [6, 6.07) is 4.87. The smallest absolute Gasteiger partial charge is 0.138 e. The van der Waals surface area contributed by atoms with Crippen molar-refractivity contribution in [2.75, 3.05) is 13.1 Å². The topological polar surface area (TPSA) is 29.1 Å². The van der Waals surface area contributed by atoms with Crippen molar-refractivity contribution in [2.45, 2.75) is 39.5 Å². The Morgan fingerprint density at radius 2 is 2.10 bits per heavy atom. The van der Waals surface area contributed by atoms with Gasteiger partial charge in [0.1, 0.15) is 11.6 Å². The number of hydrogen-bond acceptors (Lipinski definition) is 2. The molecule has 1 fully saturated rings. The highest BCUT2D eigenvalue weighted by molar-refractivity contribution is 9.10.